The van der Waals surface area contributed by atoms with E-state index in [-0.39, 0.29) is 11.9 Å². The van der Waals surface area contributed by atoms with Gasteiger partial charge in [0.2, 0.25) is 0 Å². The number of ether oxygens (including phenoxy) is 1. The Morgan fingerprint density at radius 2 is 2.18 bits per heavy atom. The zero-order valence-corrected chi connectivity index (χ0v) is 10.2. The Morgan fingerprint density at radius 3 is 2.88 bits per heavy atom. The molecule has 1 atom stereocenters. The molecule has 0 radical (unpaired) electrons. The number of carbonyl (C=O) groups is 1. The molecular weight excluding hydrogens is 214 g/mol. The maximum atomic E-state index is 11.3. The summed E-state index contributed by atoms with van der Waals surface area (Å²) in [6.45, 7) is 1.90. The fraction of sp³-hybridized carbons (Fsp3) is 0.357. The highest BCUT2D eigenvalue weighted by atomic mass is 16.5. The van der Waals surface area contributed by atoms with Gasteiger partial charge in [-0.15, -0.1) is 0 Å². The van der Waals surface area contributed by atoms with Crippen LogP contribution in [0.2, 0.25) is 0 Å². The van der Waals surface area contributed by atoms with Crippen molar-refractivity contribution in [1.82, 2.24) is 4.98 Å². The first-order valence-corrected chi connectivity index (χ1v) is 5.85. The van der Waals surface area contributed by atoms with E-state index in [0.29, 0.717) is 0 Å². The van der Waals surface area contributed by atoms with Crippen LogP contribution >= 0.6 is 0 Å². The number of benzene rings is 1. The second kappa shape index (κ2) is 5.04. The molecule has 90 valence electrons. The van der Waals surface area contributed by atoms with Gasteiger partial charge in [0.15, 0.2) is 0 Å². The topological polar surface area (TPSA) is 42.1 Å². The van der Waals surface area contributed by atoms with Gasteiger partial charge in [-0.25, -0.2) is 0 Å². The van der Waals surface area contributed by atoms with Crippen LogP contribution in [0.1, 0.15) is 19.0 Å². The summed E-state index contributed by atoms with van der Waals surface area (Å²) in [5.74, 6) is -0.187. The lowest BCUT2D eigenvalue weighted by Crippen LogP contribution is -2.13. The van der Waals surface area contributed by atoms with Crippen LogP contribution in [-0.4, -0.2) is 18.1 Å². The van der Waals surface area contributed by atoms with Gasteiger partial charge in [0.1, 0.15) is 0 Å². The standard InChI is InChI=1S/C14H17NO2/c1-10(14(16)17-2)7-8-12-9-11-5-3-4-6-13(11)15-12/h3-6,9-10,15H,7-8H2,1-2H3. The minimum Gasteiger partial charge on any atom is -0.469 e. The molecule has 0 bridgehead atoms. The molecule has 2 rings (SSSR count). The van der Waals surface area contributed by atoms with E-state index in [0.717, 1.165) is 18.4 Å². The molecule has 3 nitrogen and oxygen atoms in total. The average Bonchev–Trinajstić information content (AvgIpc) is 2.77. The number of H-pyrrole nitrogens is 1. The summed E-state index contributed by atoms with van der Waals surface area (Å²) in [6, 6.07) is 10.3. The molecule has 0 spiro atoms. The number of esters is 1. The quantitative estimate of drug-likeness (QED) is 0.822. The number of fused-ring (bicyclic) bond motifs is 1. The Labute approximate surface area is 101 Å². The summed E-state index contributed by atoms with van der Waals surface area (Å²) in [5.41, 5.74) is 2.31. The molecule has 2 aromatic rings. The number of para-hydroxylation sites is 1. The van der Waals surface area contributed by atoms with Gasteiger partial charge in [0.05, 0.1) is 13.0 Å². The van der Waals surface area contributed by atoms with E-state index in [9.17, 15) is 4.79 Å². The summed E-state index contributed by atoms with van der Waals surface area (Å²) >= 11 is 0. The molecule has 17 heavy (non-hydrogen) atoms. The van der Waals surface area contributed by atoms with Gasteiger partial charge in [0.25, 0.3) is 0 Å². The lowest BCUT2D eigenvalue weighted by atomic mass is 10.0. The fourth-order valence-electron chi connectivity index (χ4n) is 1.96. The Balaban J connectivity index is 2.01. The van der Waals surface area contributed by atoms with Gasteiger partial charge in [0, 0.05) is 11.2 Å². The largest absolute Gasteiger partial charge is 0.469 e. The third-order valence-corrected chi connectivity index (χ3v) is 3.04. The lowest BCUT2D eigenvalue weighted by molar-refractivity contribution is -0.145. The second-order valence-electron chi connectivity index (χ2n) is 4.34. The summed E-state index contributed by atoms with van der Waals surface area (Å²) in [4.78, 5) is 14.6. The van der Waals surface area contributed by atoms with Crippen LogP contribution in [0.4, 0.5) is 0 Å². The van der Waals surface area contributed by atoms with Crippen LogP contribution in [0, 0.1) is 5.92 Å². The molecule has 3 heteroatoms. The smallest absolute Gasteiger partial charge is 0.308 e. The van der Waals surface area contributed by atoms with Gasteiger partial charge < -0.3 is 9.72 Å². The van der Waals surface area contributed by atoms with E-state index >= 15 is 0 Å². The van der Waals surface area contributed by atoms with E-state index in [1.807, 2.05) is 19.1 Å². The first-order chi connectivity index (χ1) is 8.20. The number of methoxy groups -OCH3 is 1. The van der Waals surface area contributed by atoms with Crippen molar-refractivity contribution in [1.29, 1.82) is 0 Å². The molecule has 0 saturated carbocycles. The van der Waals surface area contributed by atoms with E-state index < -0.39 is 0 Å². The number of carbonyl (C=O) groups excluding carboxylic acids is 1. The van der Waals surface area contributed by atoms with Gasteiger partial charge in [-0.05, 0) is 30.4 Å². The van der Waals surface area contributed by atoms with E-state index in [1.165, 1.54) is 18.2 Å². The molecule has 0 aliphatic carbocycles. The highest BCUT2D eigenvalue weighted by Crippen LogP contribution is 2.17. The third-order valence-electron chi connectivity index (χ3n) is 3.04. The Hall–Kier alpha value is -1.77. The normalized spacial score (nSPS) is 12.6. The monoisotopic (exact) mass is 231 g/mol. The molecule has 0 aliphatic heterocycles. The van der Waals surface area contributed by atoms with Crippen LogP contribution in [0.5, 0.6) is 0 Å². The first kappa shape index (κ1) is 11.7. The maximum Gasteiger partial charge on any atom is 0.308 e. The van der Waals surface area contributed by atoms with Crippen LogP contribution in [-0.2, 0) is 16.0 Å². The molecule has 1 unspecified atom stereocenters. The molecule has 1 heterocycles. The van der Waals surface area contributed by atoms with Crippen molar-refractivity contribution in [2.24, 2.45) is 5.92 Å². The highest BCUT2D eigenvalue weighted by Gasteiger charge is 2.13. The summed E-state index contributed by atoms with van der Waals surface area (Å²) in [5, 5.41) is 1.22. The zero-order valence-electron chi connectivity index (χ0n) is 10.2. The SMILES string of the molecule is COC(=O)C(C)CCc1cc2ccccc2[nH]1. The minimum atomic E-state index is -0.138. The van der Waals surface area contributed by atoms with Crippen molar-refractivity contribution in [3.8, 4) is 0 Å². The Morgan fingerprint density at radius 1 is 1.41 bits per heavy atom. The van der Waals surface area contributed by atoms with E-state index in [2.05, 4.69) is 23.2 Å². The molecule has 0 amide bonds. The van der Waals surface area contributed by atoms with Gasteiger partial charge in [-0.2, -0.15) is 0 Å². The van der Waals surface area contributed by atoms with E-state index in [1.54, 1.807) is 0 Å². The number of hydrogen-bond acceptors (Lipinski definition) is 2. The van der Waals surface area contributed by atoms with Crippen molar-refractivity contribution >= 4 is 16.9 Å². The number of aromatic nitrogens is 1. The number of aryl methyl sites for hydroxylation is 1. The summed E-state index contributed by atoms with van der Waals surface area (Å²) in [6.07, 6.45) is 1.67. The Bertz CT molecular complexity index is 483. The maximum absolute atomic E-state index is 11.3. The lowest BCUT2D eigenvalue weighted by Gasteiger charge is -2.07. The van der Waals surface area contributed by atoms with Crippen molar-refractivity contribution < 1.29 is 9.53 Å². The predicted molar refractivity (Wildman–Crippen MR) is 67.8 cm³/mol. The minimum absolute atomic E-state index is 0.0496. The number of hydrogen-bond donors (Lipinski definition) is 1. The molecule has 0 fully saturated rings. The number of nitrogens with one attached hydrogen (secondary N) is 1. The predicted octanol–water partition coefficient (Wildman–Crippen LogP) is 2.91. The van der Waals surface area contributed by atoms with Crippen molar-refractivity contribution in [3.63, 3.8) is 0 Å². The zero-order chi connectivity index (χ0) is 12.3. The summed E-state index contributed by atoms with van der Waals surface area (Å²) in [7, 11) is 1.43. The number of rotatable bonds is 4. The van der Waals surface area contributed by atoms with Gasteiger partial charge in [-0.3, -0.25) is 4.79 Å². The average molecular weight is 231 g/mol. The van der Waals surface area contributed by atoms with Crippen molar-refractivity contribution in [2.45, 2.75) is 19.8 Å². The fourth-order valence-corrected chi connectivity index (χ4v) is 1.96. The van der Waals surface area contributed by atoms with Crippen molar-refractivity contribution in [2.75, 3.05) is 7.11 Å². The van der Waals surface area contributed by atoms with E-state index in [4.69, 9.17) is 4.74 Å². The second-order valence-corrected chi connectivity index (χ2v) is 4.34. The Kier molecular flexibility index (Phi) is 3.47. The van der Waals surface area contributed by atoms with Crippen LogP contribution < -0.4 is 0 Å². The third kappa shape index (κ3) is 2.67. The van der Waals surface area contributed by atoms with Crippen LogP contribution in [0.15, 0.2) is 30.3 Å². The molecule has 0 saturated heterocycles. The van der Waals surface area contributed by atoms with Gasteiger partial charge >= 0.3 is 5.97 Å². The number of aromatic amines is 1. The van der Waals surface area contributed by atoms with Crippen molar-refractivity contribution in [3.05, 3.63) is 36.0 Å². The van der Waals surface area contributed by atoms with Crippen LogP contribution in [0.25, 0.3) is 10.9 Å². The highest BCUT2D eigenvalue weighted by molar-refractivity contribution is 5.80. The first-order valence-electron chi connectivity index (χ1n) is 5.85. The molecule has 0 aliphatic rings. The molecule has 1 aromatic heterocycles. The summed E-state index contributed by atoms with van der Waals surface area (Å²) < 4.78 is 4.71. The van der Waals surface area contributed by atoms with Gasteiger partial charge in [-0.1, -0.05) is 25.1 Å². The molecular formula is C14H17NO2. The molecule has 1 N–H and O–H groups in total. The molecule has 1 aromatic carbocycles. The van der Waals surface area contributed by atoms with Crippen LogP contribution in [0.3, 0.4) is 0 Å².